The van der Waals surface area contributed by atoms with Gasteiger partial charge in [0.25, 0.3) is 0 Å². The highest BCUT2D eigenvalue weighted by Gasteiger charge is 2.16. The monoisotopic (exact) mass is 327 g/mol. The Bertz CT molecular complexity index is 831. The van der Waals surface area contributed by atoms with Crippen LogP contribution >= 0.6 is 11.6 Å². The van der Waals surface area contributed by atoms with Crippen LogP contribution in [0.2, 0.25) is 5.02 Å². The molecule has 23 heavy (non-hydrogen) atoms. The summed E-state index contributed by atoms with van der Waals surface area (Å²) in [5.41, 5.74) is 1.83. The molecule has 0 spiro atoms. The summed E-state index contributed by atoms with van der Waals surface area (Å²) < 4.78 is 6.87. The molecular formula is C17H14ClN3O2. The summed E-state index contributed by atoms with van der Waals surface area (Å²) in [5, 5.41) is 8.47. The number of benzene rings is 2. The molecule has 2 aromatic carbocycles. The number of ketones is 1. The van der Waals surface area contributed by atoms with Crippen molar-refractivity contribution >= 4 is 17.4 Å². The minimum absolute atomic E-state index is 0.128. The quantitative estimate of drug-likeness (QED) is 0.675. The van der Waals surface area contributed by atoms with Crippen molar-refractivity contribution in [1.29, 1.82) is 0 Å². The molecule has 3 rings (SSSR count). The topological polar surface area (TPSA) is 57.0 Å². The molecule has 0 saturated heterocycles. The number of halogens is 1. The van der Waals surface area contributed by atoms with E-state index in [1.54, 1.807) is 42.1 Å². The van der Waals surface area contributed by atoms with Gasteiger partial charge in [-0.15, -0.1) is 5.10 Å². The van der Waals surface area contributed by atoms with Crippen molar-refractivity contribution in [2.75, 3.05) is 7.11 Å². The predicted octanol–water partition coefficient (Wildman–Crippen LogP) is 3.22. The van der Waals surface area contributed by atoms with Crippen LogP contribution in [0.5, 0.6) is 5.75 Å². The molecule has 0 N–H and O–H groups in total. The van der Waals surface area contributed by atoms with E-state index in [0.717, 1.165) is 5.56 Å². The smallest absolute Gasteiger partial charge is 0.212 e. The first-order chi connectivity index (χ1) is 11.2. The van der Waals surface area contributed by atoms with Crippen molar-refractivity contribution in [2.24, 2.45) is 0 Å². The number of rotatable bonds is 5. The number of hydrogen-bond acceptors (Lipinski definition) is 4. The van der Waals surface area contributed by atoms with Crippen molar-refractivity contribution in [3.8, 4) is 5.75 Å². The van der Waals surface area contributed by atoms with Crippen LogP contribution in [-0.4, -0.2) is 27.9 Å². The van der Waals surface area contributed by atoms with E-state index in [2.05, 4.69) is 10.3 Å². The second-order valence-electron chi connectivity index (χ2n) is 4.93. The van der Waals surface area contributed by atoms with Crippen molar-refractivity contribution in [2.45, 2.75) is 6.54 Å². The zero-order valence-corrected chi connectivity index (χ0v) is 13.2. The molecule has 116 valence electrons. The summed E-state index contributed by atoms with van der Waals surface area (Å²) in [5.74, 6) is 0.555. The zero-order chi connectivity index (χ0) is 16.2. The lowest BCUT2D eigenvalue weighted by Gasteiger charge is -2.10. The molecule has 5 nitrogen and oxygen atoms in total. The maximum Gasteiger partial charge on any atom is 0.212 e. The lowest BCUT2D eigenvalue weighted by molar-refractivity contribution is 0.102. The average Bonchev–Trinajstić information content (AvgIpc) is 3.03. The molecule has 0 bridgehead atoms. The highest BCUT2D eigenvalue weighted by molar-refractivity contribution is 6.30. The Morgan fingerprint density at radius 1 is 1.22 bits per heavy atom. The van der Waals surface area contributed by atoms with Gasteiger partial charge in [-0.3, -0.25) is 4.79 Å². The fourth-order valence-electron chi connectivity index (χ4n) is 2.32. The third-order valence-electron chi connectivity index (χ3n) is 3.45. The predicted molar refractivity (Wildman–Crippen MR) is 87.0 cm³/mol. The molecule has 1 heterocycles. The summed E-state index contributed by atoms with van der Waals surface area (Å²) in [6, 6.07) is 14.4. The SMILES string of the molecule is COc1ccc(Cl)cc1Cn1nncc1C(=O)c1ccccc1. The van der Waals surface area contributed by atoms with E-state index in [1.807, 2.05) is 18.2 Å². The van der Waals surface area contributed by atoms with Gasteiger partial charge in [0, 0.05) is 16.1 Å². The van der Waals surface area contributed by atoms with Crippen molar-refractivity contribution < 1.29 is 9.53 Å². The molecule has 3 aromatic rings. The van der Waals surface area contributed by atoms with E-state index in [1.165, 1.54) is 6.20 Å². The van der Waals surface area contributed by atoms with Crippen molar-refractivity contribution in [3.05, 3.63) is 76.6 Å². The molecule has 6 heteroatoms. The van der Waals surface area contributed by atoms with Crippen LogP contribution in [0.15, 0.2) is 54.7 Å². The van der Waals surface area contributed by atoms with Gasteiger partial charge in [-0.05, 0) is 18.2 Å². The number of carbonyl (C=O) groups excluding carboxylic acids is 1. The van der Waals surface area contributed by atoms with Gasteiger partial charge in [0.2, 0.25) is 5.78 Å². The third-order valence-corrected chi connectivity index (χ3v) is 3.68. The molecule has 0 aliphatic carbocycles. The number of carbonyl (C=O) groups is 1. The fourth-order valence-corrected chi connectivity index (χ4v) is 2.51. The summed E-state index contributed by atoms with van der Waals surface area (Å²) >= 11 is 6.04. The number of methoxy groups -OCH3 is 1. The van der Waals surface area contributed by atoms with Crippen LogP contribution in [0.1, 0.15) is 21.6 Å². The molecule has 0 radical (unpaired) electrons. The summed E-state index contributed by atoms with van der Waals surface area (Å²) in [7, 11) is 1.59. The van der Waals surface area contributed by atoms with E-state index in [-0.39, 0.29) is 5.78 Å². The van der Waals surface area contributed by atoms with Gasteiger partial charge in [0.05, 0.1) is 19.9 Å². The largest absolute Gasteiger partial charge is 0.496 e. The maximum absolute atomic E-state index is 12.6. The van der Waals surface area contributed by atoms with Gasteiger partial charge in [-0.2, -0.15) is 0 Å². The Hall–Kier alpha value is -2.66. The summed E-state index contributed by atoms with van der Waals surface area (Å²) in [6.45, 7) is 0.345. The number of hydrogen-bond donors (Lipinski definition) is 0. The van der Waals surface area contributed by atoms with E-state index in [0.29, 0.717) is 28.6 Å². The Morgan fingerprint density at radius 2 is 2.00 bits per heavy atom. The Kier molecular flexibility index (Phi) is 4.39. The second kappa shape index (κ2) is 6.62. The van der Waals surface area contributed by atoms with Gasteiger partial charge >= 0.3 is 0 Å². The minimum Gasteiger partial charge on any atom is -0.496 e. The Balaban J connectivity index is 1.93. The zero-order valence-electron chi connectivity index (χ0n) is 12.4. The molecule has 0 aliphatic rings. The van der Waals surface area contributed by atoms with Gasteiger partial charge in [0.1, 0.15) is 11.4 Å². The Labute approximate surface area is 138 Å². The van der Waals surface area contributed by atoms with Crippen LogP contribution < -0.4 is 4.74 Å². The minimum atomic E-state index is -0.128. The third kappa shape index (κ3) is 3.24. The van der Waals surface area contributed by atoms with E-state index < -0.39 is 0 Å². The summed E-state index contributed by atoms with van der Waals surface area (Å²) in [4.78, 5) is 12.6. The van der Waals surface area contributed by atoms with E-state index >= 15 is 0 Å². The molecule has 0 fully saturated rings. The van der Waals surface area contributed by atoms with Gasteiger partial charge in [-0.25, -0.2) is 4.68 Å². The van der Waals surface area contributed by atoms with Gasteiger partial charge in [-0.1, -0.05) is 47.1 Å². The molecule has 0 atom stereocenters. The highest BCUT2D eigenvalue weighted by atomic mass is 35.5. The van der Waals surface area contributed by atoms with Crippen LogP contribution in [-0.2, 0) is 6.54 Å². The first-order valence-electron chi connectivity index (χ1n) is 6.99. The molecule has 1 aromatic heterocycles. The number of aromatic nitrogens is 3. The van der Waals surface area contributed by atoms with E-state index in [4.69, 9.17) is 16.3 Å². The van der Waals surface area contributed by atoms with Gasteiger partial charge in [0.15, 0.2) is 0 Å². The second-order valence-corrected chi connectivity index (χ2v) is 5.36. The molecule has 0 unspecified atom stereocenters. The Morgan fingerprint density at radius 3 is 2.74 bits per heavy atom. The lowest BCUT2D eigenvalue weighted by Crippen LogP contribution is -2.13. The lowest BCUT2D eigenvalue weighted by atomic mass is 10.1. The van der Waals surface area contributed by atoms with Crippen LogP contribution in [0.3, 0.4) is 0 Å². The maximum atomic E-state index is 12.6. The van der Waals surface area contributed by atoms with Gasteiger partial charge < -0.3 is 4.74 Å². The molecular weight excluding hydrogens is 314 g/mol. The standard InChI is InChI=1S/C17H14ClN3O2/c1-23-16-8-7-14(18)9-13(16)11-21-15(10-19-20-21)17(22)12-5-3-2-4-6-12/h2-10H,11H2,1H3. The van der Waals surface area contributed by atoms with Crippen molar-refractivity contribution in [1.82, 2.24) is 15.0 Å². The first kappa shape index (κ1) is 15.2. The first-order valence-corrected chi connectivity index (χ1v) is 7.37. The molecule has 0 saturated carbocycles. The van der Waals surface area contributed by atoms with Crippen molar-refractivity contribution in [3.63, 3.8) is 0 Å². The van der Waals surface area contributed by atoms with Crippen LogP contribution in [0.25, 0.3) is 0 Å². The highest BCUT2D eigenvalue weighted by Crippen LogP contribution is 2.24. The summed E-state index contributed by atoms with van der Waals surface area (Å²) in [6.07, 6.45) is 1.46. The number of ether oxygens (including phenoxy) is 1. The van der Waals surface area contributed by atoms with Crippen LogP contribution in [0, 0.1) is 0 Å². The molecule has 0 aliphatic heterocycles. The van der Waals surface area contributed by atoms with E-state index in [9.17, 15) is 4.79 Å². The fraction of sp³-hybridized carbons (Fsp3) is 0.118. The number of nitrogens with zero attached hydrogens (tertiary/aromatic N) is 3. The van der Waals surface area contributed by atoms with Crippen LogP contribution in [0.4, 0.5) is 0 Å². The normalized spacial score (nSPS) is 10.5. The average molecular weight is 328 g/mol. The molecule has 0 amide bonds.